The van der Waals surface area contributed by atoms with Gasteiger partial charge in [0.15, 0.2) is 0 Å². The largest absolute Gasteiger partial charge is 0.401 e. The third-order valence-corrected chi connectivity index (χ3v) is 2.06. The van der Waals surface area contributed by atoms with E-state index in [1.165, 1.54) is 0 Å². The Kier molecular flexibility index (Phi) is 3.25. The number of benzene rings is 1. The first-order chi connectivity index (χ1) is 7.06. The number of hydrogen-bond acceptors (Lipinski definition) is 3. The van der Waals surface area contributed by atoms with Crippen molar-refractivity contribution in [3.63, 3.8) is 0 Å². The maximum Gasteiger partial charge on any atom is 0.103 e. The van der Waals surface area contributed by atoms with Gasteiger partial charge in [-0.25, -0.2) is 0 Å². The van der Waals surface area contributed by atoms with Crippen molar-refractivity contribution in [2.45, 2.75) is 13.8 Å². The molecule has 0 amide bonds. The second-order valence-electron chi connectivity index (χ2n) is 3.41. The molecule has 0 aromatic heterocycles. The number of hydrogen-bond donors (Lipinski definition) is 2. The van der Waals surface area contributed by atoms with Crippen molar-refractivity contribution in [2.75, 3.05) is 0 Å². The topological polar surface area (TPSA) is 73.7 Å². The summed E-state index contributed by atoms with van der Waals surface area (Å²) in [6.45, 7) is 3.57. The zero-order valence-electron chi connectivity index (χ0n) is 8.83. The highest BCUT2D eigenvalue weighted by Gasteiger charge is 2.09. The lowest BCUT2D eigenvalue weighted by Gasteiger charge is -2.04. The Bertz CT molecular complexity index is 460. The third-order valence-electron chi connectivity index (χ3n) is 2.06. The zero-order chi connectivity index (χ0) is 11.4. The van der Waals surface area contributed by atoms with Crippen molar-refractivity contribution in [1.29, 1.82) is 10.7 Å². The highest BCUT2D eigenvalue weighted by molar-refractivity contribution is 6.13. The Morgan fingerprint density at radius 3 is 2.60 bits per heavy atom. The van der Waals surface area contributed by atoms with Gasteiger partial charge in [-0.05, 0) is 19.9 Å². The van der Waals surface area contributed by atoms with Crippen LogP contribution >= 0.6 is 0 Å². The molecule has 1 rings (SSSR count). The maximum absolute atomic E-state index is 8.87. The molecule has 15 heavy (non-hydrogen) atoms. The van der Waals surface area contributed by atoms with E-state index >= 15 is 0 Å². The predicted octanol–water partition coefficient (Wildman–Crippen LogP) is 2.12. The van der Waals surface area contributed by atoms with Crippen LogP contribution in [0.2, 0.25) is 0 Å². The molecule has 0 bridgehead atoms. The van der Waals surface area contributed by atoms with Crippen molar-refractivity contribution in [3.05, 3.63) is 46.7 Å². The molecule has 1 aromatic rings. The zero-order valence-corrected chi connectivity index (χ0v) is 8.83. The quantitative estimate of drug-likeness (QED) is 0.565. The Morgan fingerprint density at radius 1 is 1.47 bits per heavy atom. The van der Waals surface area contributed by atoms with Gasteiger partial charge in [-0.3, -0.25) is 5.41 Å². The first-order valence-corrected chi connectivity index (χ1v) is 4.58. The molecule has 3 heteroatoms. The van der Waals surface area contributed by atoms with E-state index in [2.05, 4.69) is 0 Å². The molecule has 0 radical (unpaired) electrons. The molecule has 3 nitrogen and oxygen atoms in total. The third kappa shape index (κ3) is 2.44. The number of nitrogens with one attached hydrogen (secondary N) is 1. The minimum atomic E-state index is 0.182. The standard InChI is InChI=1S/C12H13N3/c1-8-4-3-5-10(6-8)12(15)11(7-13)9(2)14/h3-6,15H,14H2,1-2H3/b11-9-,15-12?. The number of nitriles is 1. The van der Waals surface area contributed by atoms with Crippen molar-refractivity contribution in [3.8, 4) is 6.07 Å². The monoisotopic (exact) mass is 199 g/mol. The van der Waals surface area contributed by atoms with Crippen LogP contribution in [0.4, 0.5) is 0 Å². The van der Waals surface area contributed by atoms with Crippen LogP contribution in [0.1, 0.15) is 18.1 Å². The second kappa shape index (κ2) is 4.43. The van der Waals surface area contributed by atoms with Crippen molar-refractivity contribution in [1.82, 2.24) is 0 Å². The number of allylic oxidation sites excluding steroid dienone is 2. The van der Waals surface area contributed by atoms with Crippen LogP contribution in [0.25, 0.3) is 0 Å². The number of rotatable bonds is 2. The van der Waals surface area contributed by atoms with Gasteiger partial charge >= 0.3 is 0 Å². The lowest BCUT2D eigenvalue weighted by molar-refractivity contribution is 1.27. The molecule has 0 saturated heterocycles. The molecular weight excluding hydrogens is 186 g/mol. The summed E-state index contributed by atoms with van der Waals surface area (Å²) in [5, 5.41) is 16.7. The molecular formula is C12H13N3. The second-order valence-corrected chi connectivity index (χ2v) is 3.41. The van der Waals surface area contributed by atoms with Gasteiger partial charge in [0.25, 0.3) is 0 Å². The Morgan fingerprint density at radius 2 is 2.13 bits per heavy atom. The smallest absolute Gasteiger partial charge is 0.103 e. The summed E-state index contributed by atoms with van der Waals surface area (Å²) in [7, 11) is 0. The molecule has 0 aliphatic carbocycles. The van der Waals surface area contributed by atoms with Gasteiger partial charge in [-0.1, -0.05) is 23.8 Å². The van der Waals surface area contributed by atoms with Crippen LogP contribution in [0.5, 0.6) is 0 Å². The van der Waals surface area contributed by atoms with E-state index in [9.17, 15) is 0 Å². The summed E-state index contributed by atoms with van der Waals surface area (Å²) < 4.78 is 0. The number of nitrogens with zero attached hydrogens (tertiary/aromatic N) is 1. The highest BCUT2D eigenvalue weighted by atomic mass is 14.6. The molecule has 0 spiro atoms. The first-order valence-electron chi connectivity index (χ1n) is 4.58. The summed E-state index contributed by atoms with van der Waals surface area (Å²) in [6.07, 6.45) is 0. The predicted molar refractivity (Wildman–Crippen MR) is 60.5 cm³/mol. The molecule has 3 N–H and O–H groups in total. The van der Waals surface area contributed by atoms with E-state index < -0.39 is 0 Å². The maximum atomic E-state index is 8.87. The SMILES string of the molecule is C/C(N)=C(\C#N)C(=N)c1cccc(C)c1. The van der Waals surface area contributed by atoms with E-state index in [1.54, 1.807) is 13.0 Å². The first kappa shape index (κ1) is 11.0. The Hall–Kier alpha value is -2.08. The summed E-state index contributed by atoms with van der Waals surface area (Å²) >= 11 is 0. The fourth-order valence-electron chi connectivity index (χ4n) is 1.29. The number of aryl methyl sites for hydroxylation is 1. The molecule has 0 fully saturated rings. The minimum Gasteiger partial charge on any atom is -0.401 e. The molecule has 0 saturated carbocycles. The van der Waals surface area contributed by atoms with Crippen LogP contribution in [0.15, 0.2) is 35.5 Å². The van der Waals surface area contributed by atoms with E-state index in [-0.39, 0.29) is 11.3 Å². The van der Waals surface area contributed by atoms with Crippen LogP contribution < -0.4 is 5.73 Å². The molecule has 0 aliphatic heterocycles. The molecule has 0 heterocycles. The van der Waals surface area contributed by atoms with Gasteiger partial charge in [0, 0.05) is 11.3 Å². The lowest BCUT2D eigenvalue weighted by Crippen LogP contribution is -2.08. The highest BCUT2D eigenvalue weighted by Crippen LogP contribution is 2.11. The summed E-state index contributed by atoms with van der Waals surface area (Å²) in [5.74, 6) is 0. The normalized spacial score (nSPS) is 11.5. The van der Waals surface area contributed by atoms with Crippen molar-refractivity contribution in [2.24, 2.45) is 5.73 Å². The van der Waals surface area contributed by atoms with Gasteiger partial charge in [-0.15, -0.1) is 0 Å². The van der Waals surface area contributed by atoms with Crippen LogP contribution in [0.3, 0.4) is 0 Å². The van der Waals surface area contributed by atoms with Crippen LogP contribution in [0, 0.1) is 23.7 Å². The molecule has 0 aliphatic rings. The Labute approximate surface area is 89.3 Å². The fraction of sp³-hybridized carbons (Fsp3) is 0.167. The van der Waals surface area contributed by atoms with E-state index in [4.69, 9.17) is 16.4 Å². The number of nitrogens with two attached hydrogens (primary N) is 1. The molecule has 0 atom stereocenters. The van der Waals surface area contributed by atoms with Gasteiger partial charge < -0.3 is 5.73 Å². The van der Waals surface area contributed by atoms with E-state index in [1.807, 2.05) is 31.2 Å². The summed E-state index contributed by atoms with van der Waals surface area (Å²) in [6, 6.07) is 9.42. The summed E-state index contributed by atoms with van der Waals surface area (Å²) in [4.78, 5) is 0. The van der Waals surface area contributed by atoms with E-state index in [0.29, 0.717) is 5.70 Å². The van der Waals surface area contributed by atoms with E-state index in [0.717, 1.165) is 11.1 Å². The lowest BCUT2D eigenvalue weighted by atomic mass is 10.0. The average Bonchev–Trinajstić information content (AvgIpc) is 2.18. The van der Waals surface area contributed by atoms with Crippen molar-refractivity contribution < 1.29 is 0 Å². The van der Waals surface area contributed by atoms with Crippen LogP contribution in [-0.4, -0.2) is 5.71 Å². The van der Waals surface area contributed by atoms with Gasteiger partial charge in [0.1, 0.15) is 6.07 Å². The van der Waals surface area contributed by atoms with Gasteiger partial charge in [-0.2, -0.15) is 5.26 Å². The average molecular weight is 199 g/mol. The van der Waals surface area contributed by atoms with Crippen LogP contribution in [-0.2, 0) is 0 Å². The van der Waals surface area contributed by atoms with Gasteiger partial charge in [0.05, 0.1) is 11.3 Å². The Balaban J connectivity index is 3.17. The molecule has 1 aromatic carbocycles. The fourth-order valence-corrected chi connectivity index (χ4v) is 1.29. The minimum absolute atomic E-state index is 0.182. The summed E-state index contributed by atoms with van der Waals surface area (Å²) in [5.41, 5.74) is 8.12. The molecule has 0 unspecified atom stereocenters. The molecule has 76 valence electrons. The van der Waals surface area contributed by atoms with Gasteiger partial charge in [0.2, 0.25) is 0 Å². The van der Waals surface area contributed by atoms with Crippen molar-refractivity contribution >= 4 is 5.71 Å².